The van der Waals surface area contributed by atoms with Crippen LogP contribution in [0, 0.1) is 0 Å². The minimum atomic E-state index is 0.231. The SMILES string of the molecule is C1=CC2=C(c3cnc4c5ccccc5c5ccccc5c4n3)CCC=C2[C@H](c2cccc3c(-c4ccc(-c5ccc6c(c5)c5ccccc5n6-c5ccccc5)c5ccccc45)cccc23)C1. The molecule has 10 aromatic carbocycles. The Labute approximate surface area is 388 Å². The highest BCUT2D eigenvalue weighted by Crippen LogP contribution is 2.48. The van der Waals surface area contributed by atoms with Crippen molar-refractivity contribution in [1.82, 2.24) is 14.5 Å². The molecule has 0 unspecified atom stereocenters. The second kappa shape index (κ2) is 15.1. The Morgan fingerprint density at radius 1 is 0.463 bits per heavy atom. The Bertz CT molecular complexity index is 4090. The maximum Gasteiger partial charge on any atom is 0.0979 e. The number of hydrogen-bond acceptors (Lipinski definition) is 2. The van der Waals surface area contributed by atoms with Gasteiger partial charge < -0.3 is 4.57 Å². The van der Waals surface area contributed by atoms with Crippen LogP contribution >= 0.6 is 0 Å². The maximum atomic E-state index is 5.47. The molecule has 0 saturated carbocycles. The van der Waals surface area contributed by atoms with Crippen LogP contribution in [0.2, 0.25) is 0 Å². The van der Waals surface area contributed by atoms with E-state index in [1.54, 1.807) is 0 Å². The van der Waals surface area contributed by atoms with E-state index >= 15 is 0 Å². The molecule has 2 heterocycles. The van der Waals surface area contributed by atoms with E-state index in [-0.39, 0.29) is 5.92 Å². The summed E-state index contributed by atoms with van der Waals surface area (Å²) in [6.07, 6.45) is 12.1. The van der Waals surface area contributed by atoms with Gasteiger partial charge in [-0.15, -0.1) is 0 Å². The predicted octanol–water partition coefficient (Wildman–Crippen LogP) is 16.9. The molecule has 2 aliphatic carbocycles. The highest BCUT2D eigenvalue weighted by atomic mass is 15.0. The second-order valence-corrected chi connectivity index (χ2v) is 18.2. The number of benzene rings is 10. The lowest BCUT2D eigenvalue weighted by Crippen LogP contribution is -2.13. The maximum absolute atomic E-state index is 5.47. The van der Waals surface area contributed by atoms with Gasteiger partial charge in [0.15, 0.2) is 0 Å². The zero-order valence-electron chi connectivity index (χ0n) is 36.8. The molecular formula is C64H43N3. The van der Waals surface area contributed by atoms with E-state index in [0.29, 0.717) is 0 Å². The Hall–Kier alpha value is -8.40. The average molecular weight is 854 g/mol. The van der Waals surface area contributed by atoms with Crippen molar-refractivity contribution in [2.45, 2.75) is 25.2 Å². The highest BCUT2D eigenvalue weighted by molar-refractivity contribution is 6.23. The van der Waals surface area contributed by atoms with E-state index in [4.69, 9.17) is 9.97 Å². The molecule has 0 aliphatic heterocycles. The Balaban J connectivity index is 0.865. The number of nitrogens with zero attached hydrogens (tertiary/aromatic N) is 3. The van der Waals surface area contributed by atoms with Crippen molar-refractivity contribution >= 4 is 81.5 Å². The third-order valence-electron chi connectivity index (χ3n) is 14.7. The van der Waals surface area contributed by atoms with Gasteiger partial charge in [0.05, 0.1) is 34.0 Å². The molecule has 0 amide bonds. The van der Waals surface area contributed by atoms with E-state index in [0.717, 1.165) is 46.8 Å². The van der Waals surface area contributed by atoms with Gasteiger partial charge in [0.25, 0.3) is 0 Å². The molecule has 67 heavy (non-hydrogen) atoms. The number of para-hydroxylation sites is 2. The standard InChI is InChI=1S/C64H43N3/c1-2-16-41(17-3-1)67-61-33-11-10-22-56(61)59-38-40(34-37-62(59)67)42-35-36-54(44-19-5-4-18-43(42)44)50-29-13-26-46-45(25-12-27-48(46)50)47-28-14-31-51-49(47)30-15-32-55(51)60-39-65-63-57-23-8-6-20-52(57)53-21-7-9-24-58(53)64(63)66-60/h1-14,16-27,29-31,33-39,47H,15,28,32H2/t47-/m0/s1. The molecule has 12 aromatic rings. The van der Waals surface area contributed by atoms with E-state index in [1.807, 2.05) is 6.20 Å². The Morgan fingerprint density at radius 3 is 1.90 bits per heavy atom. The first kappa shape index (κ1) is 37.9. The molecule has 3 nitrogen and oxygen atoms in total. The zero-order valence-corrected chi connectivity index (χ0v) is 36.8. The molecule has 2 aromatic heterocycles. The summed E-state index contributed by atoms with van der Waals surface area (Å²) in [5.74, 6) is 0.231. The van der Waals surface area contributed by atoms with Crippen molar-refractivity contribution in [3.8, 4) is 27.9 Å². The van der Waals surface area contributed by atoms with E-state index < -0.39 is 0 Å². The van der Waals surface area contributed by atoms with Crippen LogP contribution in [0.15, 0.2) is 230 Å². The summed E-state index contributed by atoms with van der Waals surface area (Å²) in [6.45, 7) is 0. The Morgan fingerprint density at radius 2 is 1.07 bits per heavy atom. The topological polar surface area (TPSA) is 30.7 Å². The number of hydrogen-bond donors (Lipinski definition) is 0. The van der Waals surface area contributed by atoms with Gasteiger partial charge in [-0.2, -0.15) is 0 Å². The summed E-state index contributed by atoms with van der Waals surface area (Å²) in [6, 6.07) is 71.2. The monoisotopic (exact) mass is 853 g/mol. The van der Waals surface area contributed by atoms with Gasteiger partial charge >= 0.3 is 0 Å². The van der Waals surface area contributed by atoms with Gasteiger partial charge in [0, 0.05) is 33.2 Å². The zero-order chi connectivity index (χ0) is 44.0. The molecule has 1 atom stereocenters. The molecule has 0 spiro atoms. The Kier molecular flexibility index (Phi) is 8.54. The summed E-state index contributed by atoms with van der Waals surface area (Å²) in [5, 5.41) is 12.4. The van der Waals surface area contributed by atoms with Crippen LogP contribution in [-0.2, 0) is 0 Å². The van der Waals surface area contributed by atoms with Crippen molar-refractivity contribution in [1.29, 1.82) is 0 Å². The van der Waals surface area contributed by atoms with E-state index in [1.165, 1.54) is 104 Å². The van der Waals surface area contributed by atoms with Gasteiger partial charge in [-0.3, -0.25) is 4.98 Å². The molecule has 0 saturated heterocycles. The van der Waals surface area contributed by atoms with Crippen LogP contribution in [0.1, 0.15) is 36.4 Å². The lowest BCUT2D eigenvalue weighted by atomic mass is 9.74. The summed E-state index contributed by atoms with van der Waals surface area (Å²) in [7, 11) is 0. The van der Waals surface area contributed by atoms with Crippen molar-refractivity contribution in [2.24, 2.45) is 0 Å². The van der Waals surface area contributed by atoms with Crippen molar-refractivity contribution in [3.05, 3.63) is 241 Å². The predicted molar refractivity (Wildman–Crippen MR) is 282 cm³/mol. The van der Waals surface area contributed by atoms with Crippen LogP contribution in [0.25, 0.3) is 109 Å². The first-order valence-electron chi connectivity index (χ1n) is 23.6. The number of allylic oxidation sites excluding steroid dienone is 6. The normalized spacial score (nSPS) is 15.1. The van der Waals surface area contributed by atoms with Crippen LogP contribution < -0.4 is 0 Å². The molecule has 3 heteroatoms. The van der Waals surface area contributed by atoms with Gasteiger partial charge in [-0.25, -0.2) is 4.98 Å². The molecule has 0 radical (unpaired) electrons. The smallest absolute Gasteiger partial charge is 0.0979 e. The first-order chi connectivity index (χ1) is 33.3. The summed E-state index contributed by atoms with van der Waals surface area (Å²) >= 11 is 0. The molecule has 0 bridgehead atoms. The van der Waals surface area contributed by atoms with Crippen molar-refractivity contribution < 1.29 is 0 Å². The molecule has 314 valence electrons. The van der Waals surface area contributed by atoms with Crippen molar-refractivity contribution in [2.75, 3.05) is 0 Å². The fourth-order valence-corrected chi connectivity index (χ4v) is 11.7. The molecule has 0 N–H and O–H groups in total. The molecule has 0 fully saturated rings. The van der Waals surface area contributed by atoms with Crippen LogP contribution in [0.5, 0.6) is 0 Å². The summed E-state index contributed by atoms with van der Waals surface area (Å²) in [5.41, 5.74) is 16.9. The lowest BCUT2D eigenvalue weighted by molar-refractivity contribution is 0.791. The first-order valence-corrected chi connectivity index (χ1v) is 23.6. The van der Waals surface area contributed by atoms with Gasteiger partial charge in [-0.1, -0.05) is 182 Å². The van der Waals surface area contributed by atoms with Gasteiger partial charge in [0.2, 0.25) is 0 Å². The third kappa shape index (κ3) is 5.84. The number of aromatic nitrogens is 3. The van der Waals surface area contributed by atoms with Crippen LogP contribution in [0.3, 0.4) is 0 Å². The molecular weight excluding hydrogens is 811 g/mol. The van der Waals surface area contributed by atoms with E-state index in [9.17, 15) is 0 Å². The van der Waals surface area contributed by atoms with Crippen molar-refractivity contribution in [3.63, 3.8) is 0 Å². The third-order valence-corrected chi connectivity index (χ3v) is 14.7. The molecule has 2 aliphatic rings. The van der Waals surface area contributed by atoms with E-state index in [2.05, 4.69) is 217 Å². The second-order valence-electron chi connectivity index (χ2n) is 18.2. The largest absolute Gasteiger partial charge is 0.309 e. The minimum absolute atomic E-state index is 0.231. The van der Waals surface area contributed by atoms with Crippen LogP contribution in [0.4, 0.5) is 0 Å². The van der Waals surface area contributed by atoms with Gasteiger partial charge in [0.1, 0.15) is 0 Å². The number of rotatable bonds is 5. The summed E-state index contributed by atoms with van der Waals surface area (Å²) in [4.78, 5) is 10.6. The minimum Gasteiger partial charge on any atom is -0.309 e. The van der Waals surface area contributed by atoms with Crippen LogP contribution in [-0.4, -0.2) is 14.5 Å². The fraction of sp³-hybridized carbons (Fsp3) is 0.0625. The average Bonchev–Trinajstić information content (AvgIpc) is 3.74. The fourth-order valence-electron chi connectivity index (χ4n) is 11.7. The quantitative estimate of drug-likeness (QED) is 0.162. The highest BCUT2D eigenvalue weighted by Gasteiger charge is 2.28. The lowest BCUT2D eigenvalue weighted by Gasteiger charge is -2.30. The molecule has 14 rings (SSSR count). The summed E-state index contributed by atoms with van der Waals surface area (Å²) < 4.78 is 2.39. The van der Waals surface area contributed by atoms with Gasteiger partial charge in [-0.05, 0) is 126 Å². The number of fused-ring (bicyclic) bond motifs is 12.